The SMILES string of the molecule is COc1cccc(C=Nc2ccccc2[O-])c1[O-].COc1cccc(C=Nc2ccccc2[O-])c1[O-].COc1cccc(C=Nc2ccccc2[O-])c1[O-].COc1cccc(C=Nc2ccccc2[O-])c1[O-].O.O.O.O=[N+]([O-])[O-].[Fe+3].[Fe+3].[OH3+].[Tb+3]. The van der Waals surface area contributed by atoms with E-state index in [1.165, 1.54) is 77.6 Å². The van der Waals surface area contributed by atoms with E-state index < -0.39 is 5.09 Å². The van der Waals surface area contributed by atoms with Crippen molar-refractivity contribution in [2.75, 3.05) is 28.4 Å². The van der Waals surface area contributed by atoms with Crippen LogP contribution in [0.3, 0.4) is 0 Å². The van der Waals surface area contributed by atoms with Crippen molar-refractivity contribution in [3.05, 3.63) is 207 Å². The number of benzene rings is 8. The van der Waals surface area contributed by atoms with Gasteiger partial charge < -0.3 is 97.0 Å². The molecular weight excluding hydrogens is 1320 g/mol. The number of hydrogen-bond acceptors (Lipinski definition) is 19. The molecule has 0 aliphatic carbocycles. The Kier molecular flexibility index (Phi) is 42.1. The average Bonchev–Trinajstić information content (AvgIpc) is 3.42. The molecule has 2 radical (unpaired) electrons. The van der Waals surface area contributed by atoms with E-state index >= 15 is 0 Å². The molecule has 0 amide bonds. The van der Waals surface area contributed by atoms with Crippen LogP contribution in [0.1, 0.15) is 22.3 Å². The first-order valence-corrected chi connectivity index (χ1v) is 22.0. The van der Waals surface area contributed by atoms with Gasteiger partial charge in [0.05, 0.1) is 56.3 Å². The molecule has 0 saturated heterocycles. The normalized spacial score (nSPS) is 9.59. The van der Waals surface area contributed by atoms with Gasteiger partial charge in [0.25, 0.3) is 0 Å². The molecule has 83 heavy (non-hydrogen) atoms. The number of ether oxygens (including phenoxy) is 4. The van der Waals surface area contributed by atoms with Gasteiger partial charge in [-0.05, 0) is 70.8 Å². The molecule has 0 atom stereocenters. The third-order valence-corrected chi connectivity index (χ3v) is 9.75. The van der Waals surface area contributed by atoms with Gasteiger partial charge in [0.2, 0.25) is 0 Å². The summed E-state index contributed by atoms with van der Waals surface area (Å²) in [4.78, 5) is 24.3. The van der Waals surface area contributed by atoms with E-state index in [1.54, 1.807) is 146 Å². The van der Waals surface area contributed by atoms with E-state index in [9.17, 15) is 40.9 Å². The summed E-state index contributed by atoms with van der Waals surface area (Å²) in [5, 5.41) is 108. The molecule has 8 rings (SSSR count). The molecule has 0 aliphatic heterocycles. The zero-order chi connectivity index (χ0) is 55.4. The molecular formula is C56H53Fe2N5O19Tb+. The van der Waals surface area contributed by atoms with E-state index in [2.05, 4.69) is 20.0 Å². The van der Waals surface area contributed by atoms with Crippen LogP contribution in [0.25, 0.3) is 0 Å². The fourth-order valence-corrected chi connectivity index (χ4v) is 5.99. The summed E-state index contributed by atoms with van der Waals surface area (Å²) in [7, 11) is 5.74. The van der Waals surface area contributed by atoms with Gasteiger partial charge in [-0.2, -0.15) is 0 Å². The Hall–Kier alpha value is -8.60. The van der Waals surface area contributed by atoms with Crippen LogP contribution in [0.2, 0.25) is 0 Å². The Morgan fingerprint density at radius 1 is 0.337 bits per heavy atom. The fourth-order valence-electron chi connectivity index (χ4n) is 5.99. The Labute approximate surface area is 528 Å². The van der Waals surface area contributed by atoms with E-state index in [4.69, 9.17) is 34.3 Å². The molecule has 8 aromatic carbocycles. The van der Waals surface area contributed by atoms with Gasteiger partial charge in [-0.25, -0.2) is 0 Å². The van der Waals surface area contributed by atoms with Crippen molar-refractivity contribution in [3.63, 3.8) is 0 Å². The van der Waals surface area contributed by atoms with Gasteiger partial charge >= 0.3 is 72.7 Å². The summed E-state index contributed by atoms with van der Waals surface area (Å²) in [6, 6.07) is 45.2. The summed E-state index contributed by atoms with van der Waals surface area (Å²) >= 11 is 0. The topological polar surface area (TPSA) is 465 Å². The van der Waals surface area contributed by atoms with Gasteiger partial charge in [-0.3, -0.25) is 20.0 Å². The van der Waals surface area contributed by atoms with E-state index in [0.717, 1.165) is 0 Å². The summed E-state index contributed by atoms with van der Waals surface area (Å²) < 4.78 is 19.7. The van der Waals surface area contributed by atoms with Crippen LogP contribution >= 0.6 is 0 Å². The molecule has 0 fully saturated rings. The minimum Gasteiger partial charge on any atom is -0.871 e. The molecule has 0 bridgehead atoms. The quantitative estimate of drug-likeness (QED) is 0.0558. The van der Waals surface area contributed by atoms with Crippen molar-refractivity contribution in [1.82, 2.24) is 0 Å². The van der Waals surface area contributed by atoms with E-state index in [1.807, 2.05) is 0 Å². The number of hydrogen-bond donors (Lipinski definition) is 0. The maximum Gasteiger partial charge on any atom is 3.00 e. The first kappa shape index (κ1) is 80.9. The average molecular weight is 1370 g/mol. The molecule has 27 heteroatoms. The second-order valence-electron chi connectivity index (χ2n) is 14.6. The third-order valence-electron chi connectivity index (χ3n) is 9.75. The number of nitrogens with zero attached hydrogens (tertiary/aromatic N) is 5. The second kappa shape index (κ2) is 43.2. The van der Waals surface area contributed by atoms with Crippen LogP contribution in [0, 0.1) is 53.9 Å². The zero-order valence-corrected chi connectivity index (χ0v) is 48.3. The third kappa shape index (κ3) is 26.3. The largest absolute Gasteiger partial charge is 3.00 e. The monoisotopic (exact) mass is 1370 g/mol. The molecule has 0 spiro atoms. The van der Waals surface area contributed by atoms with Gasteiger partial charge in [0, 0.05) is 24.9 Å². The Balaban J connectivity index is -0.000000477. The summed E-state index contributed by atoms with van der Waals surface area (Å²) in [5.41, 5.74) is 2.77. The van der Waals surface area contributed by atoms with Crippen LogP contribution in [-0.4, -0.2) is 74.8 Å². The molecule has 8 aromatic rings. The Bertz CT molecular complexity index is 2880. The van der Waals surface area contributed by atoms with Gasteiger partial charge in [-0.1, -0.05) is 167 Å². The number of aliphatic imine (C=N–C) groups is 4. The molecule has 440 valence electrons. The van der Waals surface area contributed by atoms with Crippen LogP contribution in [0.4, 0.5) is 22.7 Å². The minimum atomic E-state index is -1.75. The van der Waals surface area contributed by atoms with Gasteiger partial charge in [0.15, 0.2) is 0 Å². The predicted molar refractivity (Wildman–Crippen MR) is 288 cm³/mol. The van der Waals surface area contributed by atoms with Crippen molar-refractivity contribution in [2.24, 2.45) is 20.0 Å². The molecule has 9 N–H and O–H groups in total. The number of methoxy groups -OCH3 is 4. The second-order valence-corrected chi connectivity index (χ2v) is 14.6. The van der Waals surface area contributed by atoms with Crippen molar-refractivity contribution >= 4 is 47.6 Å². The van der Waals surface area contributed by atoms with Crippen LogP contribution < -0.4 is 59.8 Å². The maximum atomic E-state index is 11.8. The summed E-state index contributed by atoms with van der Waals surface area (Å²) in [6.07, 6.45) is 5.51. The van der Waals surface area contributed by atoms with Gasteiger partial charge in [0.1, 0.15) is 23.0 Å². The van der Waals surface area contributed by atoms with Crippen LogP contribution in [-0.2, 0) is 39.6 Å². The molecule has 0 aliphatic rings. The standard InChI is InChI=1S/4C14H13NO3.2Fe.NO3.4H2O.Tb/c4*1-18-13-8-4-5-10(14(13)17)9-15-11-6-2-3-7-12(11)16;;;2-1(3)4;;;;;/h4*2-9,16-17H,1H3;;;;4*1H2;/q;;;;2*+3;-1;;;;;+3/p-7. The van der Waals surface area contributed by atoms with Gasteiger partial charge in [-0.15, -0.1) is 0 Å². The van der Waals surface area contributed by atoms with Crippen molar-refractivity contribution < 1.29 is 160 Å². The summed E-state index contributed by atoms with van der Waals surface area (Å²) in [5.74, 6) is -0.646. The zero-order valence-electron chi connectivity index (χ0n) is 44.0. The number of rotatable bonds is 12. The molecule has 0 saturated carbocycles. The summed E-state index contributed by atoms with van der Waals surface area (Å²) in [6.45, 7) is 0. The Morgan fingerprint density at radius 2 is 0.506 bits per heavy atom. The minimum absolute atomic E-state index is 0. The van der Waals surface area contributed by atoms with E-state index in [0.29, 0.717) is 45.0 Å². The first-order valence-electron chi connectivity index (χ1n) is 22.0. The number of para-hydroxylation sites is 12. The van der Waals surface area contributed by atoms with E-state index in [-0.39, 0.29) is 164 Å². The molecule has 0 unspecified atom stereocenters. The van der Waals surface area contributed by atoms with Crippen molar-refractivity contribution in [2.45, 2.75) is 0 Å². The molecule has 24 nitrogen and oxygen atoms in total. The Morgan fingerprint density at radius 3 is 0.663 bits per heavy atom. The van der Waals surface area contributed by atoms with Crippen LogP contribution in [0.5, 0.6) is 69.0 Å². The molecule has 0 aromatic heterocycles. The fraction of sp³-hybridized carbons (Fsp3) is 0.0714. The van der Waals surface area contributed by atoms with Crippen molar-refractivity contribution in [1.29, 1.82) is 0 Å². The predicted octanol–water partition coefficient (Wildman–Crippen LogP) is 2.73. The smallest absolute Gasteiger partial charge is 0.871 e. The van der Waals surface area contributed by atoms with Crippen molar-refractivity contribution in [3.8, 4) is 69.0 Å². The van der Waals surface area contributed by atoms with Crippen LogP contribution in [0.15, 0.2) is 190 Å². The first-order chi connectivity index (χ1) is 36.6. The molecule has 0 heterocycles. The maximum absolute atomic E-state index is 11.8.